The molecule has 90 valence electrons. The van der Waals surface area contributed by atoms with Crippen LogP contribution in [0.1, 0.15) is 32.1 Å². The third-order valence-corrected chi connectivity index (χ3v) is 3.81. The molecule has 4 nitrogen and oxygen atoms in total. The van der Waals surface area contributed by atoms with Gasteiger partial charge in [-0.1, -0.05) is 12.8 Å². The van der Waals surface area contributed by atoms with Gasteiger partial charge in [0, 0.05) is 13.6 Å². The molecule has 0 heterocycles. The second kappa shape index (κ2) is 4.44. The Morgan fingerprint density at radius 2 is 1.88 bits per heavy atom. The molecule has 0 bridgehead atoms. The van der Waals surface area contributed by atoms with Crippen molar-refractivity contribution in [3.63, 3.8) is 0 Å². The Kier molecular flexibility index (Phi) is 3.17. The Morgan fingerprint density at radius 3 is 2.38 bits per heavy atom. The molecule has 2 rings (SSSR count). The van der Waals surface area contributed by atoms with E-state index in [9.17, 15) is 9.59 Å². The van der Waals surface area contributed by atoms with E-state index in [1.165, 1.54) is 25.7 Å². The molecule has 2 aliphatic rings. The molecule has 1 N–H and O–H groups in total. The molecule has 0 aromatic carbocycles. The molecule has 0 aromatic heterocycles. The predicted molar refractivity (Wildman–Crippen MR) is 58.8 cm³/mol. The van der Waals surface area contributed by atoms with Crippen LogP contribution in [0, 0.1) is 17.8 Å². The lowest BCUT2D eigenvalue weighted by molar-refractivity contribution is -0.141. The molecule has 0 radical (unpaired) electrons. The molecule has 0 saturated heterocycles. The molecule has 0 aliphatic heterocycles. The average molecular weight is 225 g/mol. The van der Waals surface area contributed by atoms with E-state index < -0.39 is 11.9 Å². The minimum Gasteiger partial charge on any atom is -0.481 e. The maximum Gasteiger partial charge on any atom is 0.307 e. The summed E-state index contributed by atoms with van der Waals surface area (Å²) in [5.74, 6) is -0.828. The number of hydrogen-bond donors (Lipinski definition) is 1. The number of rotatable bonds is 4. The number of nitrogens with zero attached hydrogens (tertiary/aromatic N) is 1. The van der Waals surface area contributed by atoms with Crippen molar-refractivity contribution >= 4 is 11.9 Å². The first-order valence-corrected chi connectivity index (χ1v) is 6.07. The summed E-state index contributed by atoms with van der Waals surface area (Å²) in [5.41, 5.74) is 0. The van der Waals surface area contributed by atoms with E-state index in [0.29, 0.717) is 12.3 Å². The van der Waals surface area contributed by atoms with Crippen LogP contribution < -0.4 is 0 Å². The Morgan fingerprint density at radius 1 is 1.25 bits per heavy atom. The van der Waals surface area contributed by atoms with Gasteiger partial charge in [-0.05, 0) is 25.2 Å². The summed E-state index contributed by atoms with van der Waals surface area (Å²) in [4.78, 5) is 24.3. The summed E-state index contributed by atoms with van der Waals surface area (Å²) in [5, 5.41) is 8.77. The number of carbonyl (C=O) groups excluding carboxylic acids is 1. The zero-order chi connectivity index (χ0) is 11.7. The van der Waals surface area contributed by atoms with Gasteiger partial charge in [0.1, 0.15) is 0 Å². The Bertz CT molecular complexity index is 297. The lowest BCUT2D eigenvalue weighted by atomic mass is 10.1. The molecule has 16 heavy (non-hydrogen) atoms. The normalized spacial score (nSPS) is 29.1. The van der Waals surface area contributed by atoms with Crippen molar-refractivity contribution in [3.05, 3.63) is 0 Å². The molecule has 2 aliphatic carbocycles. The number of carboxylic acid groups (broad SMARTS) is 1. The predicted octanol–water partition coefficient (Wildman–Crippen LogP) is 1.36. The van der Waals surface area contributed by atoms with Gasteiger partial charge in [-0.25, -0.2) is 0 Å². The van der Waals surface area contributed by atoms with Crippen molar-refractivity contribution in [1.82, 2.24) is 4.90 Å². The van der Waals surface area contributed by atoms with E-state index in [-0.39, 0.29) is 11.8 Å². The molecule has 4 heteroatoms. The summed E-state index contributed by atoms with van der Waals surface area (Å²) in [7, 11) is 1.80. The number of carbonyl (C=O) groups is 2. The van der Waals surface area contributed by atoms with Crippen molar-refractivity contribution in [2.75, 3.05) is 13.6 Å². The van der Waals surface area contributed by atoms with Crippen LogP contribution in [-0.4, -0.2) is 35.5 Å². The first-order chi connectivity index (χ1) is 7.59. The molecule has 2 saturated carbocycles. The highest BCUT2D eigenvalue weighted by Crippen LogP contribution is 2.40. The third kappa shape index (κ3) is 2.36. The Balaban J connectivity index is 1.79. The lowest BCUT2D eigenvalue weighted by Crippen LogP contribution is -2.33. The van der Waals surface area contributed by atoms with Crippen LogP contribution in [0.2, 0.25) is 0 Å². The van der Waals surface area contributed by atoms with E-state index in [1.807, 2.05) is 0 Å². The largest absolute Gasteiger partial charge is 0.481 e. The second-order valence-electron chi connectivity index (χ2n) is 5.16. The number of carboxylic acids is 1. The van der Waals surface area contributed by atoms with Crippen LogP contribution in [0.15, 0.2) is 0 Å². The molecular weight excluding hydrogens is 206 g/mol. The standard InChI is InChI=1S/C12H19NO3/c1-13(7-8-4-2-3-5-8)11(14)9-6-10(9)12(15)16/h8-10H,2-7H2,1H3,(H,15,16)/t9-,10+/m1/s1. The monoisotopic (exact) mass is 225 g/mol. The molecular formula is C12H19NO3. The summed E-state index contributed by atoms with van der Waals surface area (Å²) in [6, 6.07) is 0. The Hall–Kier alpha value is -1.06. The summed E-state index contributed by atoms with van der Waals surface area (Å²) >= 11 is 0. The topological polar surface area (TPSA) is 57.6 Å². The second-order valence-corrected chi connectivity index (χ2v) is 5.16. The van der Waals surface area contributed by atoms with Crippen LogP contribution >= 0.6 is 0 Å². The number of aliphatic carboxylic acids is 1. The highest BCUT2D eigenvalue weighted by atomic mass is 16.4. The van der Waals surface area contributed by atoms with Crippen LogP contribution in [0.4, 0.5) is 0 Å². The van der Waals surface area contributed by atoms with Gasteiger partial charge in [0.15, 0.2) is 0 Å². The van der Waals surface area contributed by atoms with Gasteiger partial charge >= 0.3 is 5.97 Å². The quantitative estimate of drug-likeness (QED) is 0.785. The van der Waals surface area contributed by atoms with Gasteiger partial charge in [0.25, 0.3) is 0 Å². The van der Waals surface area contributed by atoms with E-state index in [2.05, 4.69) is 0 Å². The molecule has 1 amide bonds. The highest BCUT2D eigenvalue weighted by molar-refractivity contribution is 5.89. The number of hydrogen-bond acceptors (Lipinski definition) is 2. The van der Waals surface area contributed by atoms with E-state index in [4.69, 9.17) is 5.11 Å². The van der Waals surface area contributed by atoms with Crippen molar-refractivity contribution < 1.29 is 14.7 Å². The van der Waals surface area contributed by atoms with Crippen LogP contribution in [0.25, 0.3) is 0 Å². The molecule has 0 spiro atoms. The van der Waals surface area contributed by atoms with Crippen LogP contribution in [-0.2, 0) is 9.59 Å². The smallest absolute Gasteiger partial charge is 0.307 e. The van der Waals surface area contributed by atoms with Gasteiger partial charge in [-0.2, -0.15) is 0 Å². The summed E-state index contributed by atoms with van der Waals surface area (Å²) < 4.78 is 0. The fourth-order valence-corrected chi connectivity index (χ4v) is 2.69. The third-order valence-electron chi connectivity index (χ3n) is 3.81. The van der Waals surface area contributed by atoms with Gasteiger partial charge < -0.3 is 10.0 Å². The first-order valence-electron chi connectivity index (χ1n) is 6.07. The molecule has 0 aromatic rings. The first kappa shape index (κ1) is 11.4. The minimum absolute atomic E-state index is 0.0271. The van der Waals surface area contributed by atoms with Gasteiger partial charge in [0.05, 0.1) is 11.8 Å². The van der Waals surface area contributed by atoms with Gasteiger partial charge in [0.2, 0.25) is 5.91 Å². The van der Waals surface area contributed by atoms with Crippen molar-refractivity contribution in [1.29, 1.82) is 0 Å². The lowest BCUT2D eigenvalue weighted by Gasteiger charge is -2.21. The SMILES string of the molecule is CN(CC1CCCC1)C(=O)[C@@H]1C[C@@H]1C(=O)O. The molecule has 0 unspecified atom stereocenters. The fraction of sp³-hybridized carbons (Fsp3) is 0.833. The highest BCUT2D eigenvalue weighted by Gasteiger charge is 2.49. The van der Waals surface area contributed by atoms with Crippen LogP contribution in [0.5, 0.6) is 0 Å². The maximum atomic E-state index is 11.9. The summed E-state index contributed by atoms with van der Waals surface area (Å²) in [6.45, 7) is 0.807. The average Bonchev–Trinajstić information content (AvgIpc) is 2.89. The Labute approximate surface area is 95.6 Å². The molecule has 2 fully saturated rings. The minimum atomic E-state index is -0.826. The van der Waals surface area contributed by atoms with Crippen molar-refractivity contribution in [2.45, 2.75) is 32.1 Å². The maximum absolute atomic E-state index is 11.9. The van der Waals surface area contributed by atoms with E-state index in [0.717, 1.165) is 6.54 Å². The van der Waals surface area contributed by atoms with Crippen LogP contribution in [0.3, 0.4) is 0 Å². The fourth-order valence-electron chi connectivity index (χ4n) is 2.69. The number of amides is 1. The summed E-state index contributed by atoms with van der Waals surface area (Å²) in [6.07, 6.45) is 5.50. The zero-order valence-electron chi connectivity index (χ0n) is 9.69. The zero-order valence-corrected chi connectivity index (χ0v) is 9.69. The molecule has 2 atom stereocenters. The van der Waals surface area contributed by atoms with E-state index in [1.54, 1.807) is 11.9 Å². The van der Waals surface area contributed by atoms with Gasteiger partial charge in [-0.3, -0.25) is 9.59 Å². The van der Waals surface area contributed by atoms with E-state index >= 15 is 0 Å². The van der Waals surface area contributed by atoms with Crippen molar-refractivity contribution in [2.24, 2.45) is 17.8 Å². The van der Waals surface area contributed by atoms with Crippen molar-refractivity contribution in [3.8, 4) is 0 Å². The van der Waals surface area contributed by atoms with Gasteiger partial charge in [-0.15, -0.1) is 0 Å².